The SMILES string of the molecule is CC1(C)C=CN=C(Cl)N=C1. The molecule has 0 aromatic rings. The molecule has 10 heavy (non-hydrogen) atoms. The number of rotatable bonds is 0. The van der Waals surface area contributed by atoms with Gasteiger partial charge in [-0.05, 0) is 11.6 Å². The molecule has 0 bridgehead atoms. The van der Waals surface area contributed by atoms with Crippen LogP contribution in [0.25, 0.3) is 0 Å². The number of hydrogen-bond donors (Lipinski definition) is 0. The van der Waals surface area contributed by atoms with Gasteiger partial charge in [-0.3, -0.25) is 0 Å². The van der Waals surface area contributed by atoms with Crippen molar-refractivity contribution in [3.8, 4) is 0 Å². The second-order valence-corrected chi connectivity index (χ2v) is 3.13. The highest BCUT2D eigenvalue weighted by Crippen LogP contribution is 2.15. The van der Waals surface area contributed by atoms with Gasteiger partial charge in [0.15, 0.2) is 0 Å². The Kier molecular flexibility index (Phi) is 1.90. The fourth-order valence-electron chi connectivity index (χ4n) is 0.587. The van der Waals surface area contributed by atoms with Gasteiger partial charge in [0.2, 0.25) is 5.29 Å². The maximum absolute atomic E-state index is 5.55. The van der Waals surface area contributed by atoms with Crippen LogP contribution in [0.3, 0.4) is 0 Å². The highest BCUT2D eigenvalue weighted by molar-refractivity contribution is 6.65. The molecule has 54 valence electrons. The molecular formula is C7H9ClN2. The molecule has 0 amide bonds. The van der Waals surface area contributed by atoms with Crippen molar-refractivity contribution in [3.63, 3.8) is 0 Å². The van der Waals surface area contributed by atoms with E-state index < -0.39 is 0 Å². The van der Waals surface area contributed by atoms with E-state index >= 15 is 0 Å². The molecule has 1 aliphatic rings. The van der Waals surface area contributed by atoms with Crippen LogP contribution in [0.1, 0.15) is 13.8 Å². The minimum atomic E-state index is -0.0276. The summed E-state index contributed by atoms with van der Waals surface area (Å²) in [4.78, 5) is 7.73. The number of halogens is 1. The number of nitrogens with zero attached hydrogens (tertiary/aromatic N) is 2. The van der Waals surface area contributed by atoms with Crippen molar-refractivity contribution in [1.29, 1.82) is 0 Å². The van der Waals surface area contributed by atoms with Crippen LogP contribution in [0.4, 0.5) is 0 Å². The molecule has 3 heteroatoms. The molecule has 0 aromatic carbocycles. The van der Waals surface area contributed by atoms with E-state index in [-0.39, 0.29) is 5.41 Å². The van der Waals surface area contributed by atoms with Gasteiger partial charge in [-0.2, -0.15) is 0 Å². The van der Waals surface area contributed by atoms with Crippen LogP contribution in [0.2, 0.25) is 0 Å². The standard InChI is InChI=1S/C7H9ClN2/c1-7(2)3-4-9-6(8)10-5-7/h3-5H,1-2H3. The summed E-state index contributed by atoms with van der Waals surface area (Å²) in [6.45, 7) is 4.08. The summed E-state index contributed by atoms with van der Waals surface area (Å²) >= 11 is 5.55. The first-order chi connectivity index (χ1) is 4.60. The second-order valence-electron chi connectivity index (χ2n) is 2.79. The fourth-order valence-corrected chi connectivity index (χ4v) is 0.692. The zero-order valence-corrected chi connectivity index (χ0v) is 6.76. The normalized spacial score (nSPS) is 22.1. The highest BCUT2D eigenvalue weighted by atomic mass is 35.5. The summed E-state index contributed by atoms with van der Waals surface area (Å²) in [6.07, 6.45) is 5.41. The lowest BCUT2D eigenvalue weighted by Gasteiger charge is -2.09. The summed E-state index contributed by atoms with van der Waals surface area (Å²) in [7, 11) is 0. The van der Waals surface area contributed by atoms with E-state index in [4.69, 9.17) is 11.6 Å². The van der Waals surface area contributed by atoms with E-state index in [0.717, 1.165) is 0 Å². The maximum atomic E-state index is 5.55. The predicted molar refractivity (Wildman–Crippen MR) is 44.7 cm³/mol. The lowest BCUT2D eigenvalue weighted by Crippen LogP contribution is -2.07. The summed E-state index contributed by atoms with van der Waals surface area (Å²) in [5.74, 6) is 0. The second kappa shape index (κ2) is 2.54. The molecule has 1 aliphatic heterocycles. The lowest BCUT2D eigenvalue weighted by atomic mass is 9.96. The monoisotopic (exact) mass is 156 g/mol. The average molecular weight is 157 g/mol. The molecule has 1 rings (SSSR count). The van der Waals surface area contributed by atoms with Crippen molar-refractivity contribution >= 4 is 23.1 Å². The third kappa shape index (κ3) is 1.95. The van der Waals surface area contributed by atoms with Crippen molar-refractivity contribution in [1.82, 2.24) is 0 Å². The number of aliphatic imine (C=N–C) groups is 2. The molecule has 0 radical (unpaired) electrons. The minimum Gasteiger partial charge on any atom is -0.230 e. The van der Waals surface area contributed by atoms with Gasteiger partial charge in [0.1, 0.15) is 0 Å². The first-order valence-electron chi connectivity index (χ1n) is 3.06. The molecule has 0 fully saturated rings. The smallest absolute Gasteiger partial charge is 0.221 e. The Balaban J connectivity index is 2.88. The highest BCUT2D eigenvalue weighted by Gasteiger charge is 2.11. The van der Waals surface area contributed by atoms with E-state index in [1.165, 1.54) is 0 Å². The Labute approximate surface area is 65.3 Å². The van der Waals surface area contributed by atoms with Gasteiger partial charge < -0.3 is 0 Å². The Morgan fingerprint density at radius 3 is 2.90 bits per heavy atom. The van der Waals surface area contributed by atoms with Crippen molar-refractivity contribution < 1.29 is 0 Å². The Morgan fingerprint density at radius 2 is 2.20 bits per heavy atom. The van der Waals surface area contributed by atoms with E-state index in [9.17, 15) is 0 Å². The zero-order chi connectivity index (χ0) is 7.61. The van der Waals surface area contributed by atoms with Gasteiger partial charge in [-0.15, -0.1) is 0 Å². The van der Waals surface area contributed by atoms with Crippen molar-refractivity contribution in [2.45, 2.75) is 13.8 Å². The molecule has 0 aliphatic carbocycles. The topological polar surface area (TPSA) is 24.7 Å². The van der Waals surface area contributed by atoms with Crippen LogP contribution in [0.5, 0.6) is 0 Å². The predicted octanol–water partition coefficient (Wildman–Crippen LogP) is 2.21. The van der Waals surface area contributed by atoms with Gasteiger partial charge in [0.05, 0.1) is 0 Å². The molecule has 0 saturated heterocycles. The van der Waals surface area contributed by atoms with Crippen LogP contribution in [-0.2, 0) is 0 Å². The molecule has 0 unspecified atom stereocenters. The largest absolute Gasteiger partial charge is 0.230 e. The van der Waals surface area contributed by atoms with Crippen molar-refractivity contribution in [2.24, 2.45) is 15.4 Å². The molecule has 0 saturated carbocycles. The fraction of sp³-hybridized carbons (Fsp3) is 0.429. The number of amidine groups is 1. The van der Waals surface area contributed by atoms with E-state index in [0.29, 0.717) is 5.29 Å². The van der Waals surface area contributed by atoms with Gasteiger partial charge in [-0.1, -0.05) is 19.9 Å². The molecular weight excluding hydrogens is 148 g/mol. The van der Waals surface area contributed by atoms with Crippen LogP contribution < -0.4 is 0 Å². The van der Waals surface area contributed by atoms with Gasteiger partial charge in [0.25, 0.3) is 0 Å². The third-order valence-corrected chi connectivity index (χ3v) is 1.38. The Bertz CT molecular complexity index is 214. The molecule has 1 heterocycles. The number of hydrogen-bond acceptors (Lipinski definition) is 2. The Morgan fingerprint density at radius 1 is 1.50 bits per heavy atom. The molecule has 2 nitrogen and oxygen atoms in total. The molecule has 0 spiro atoms. The van der Waals surface area contributed by atoms with Gasteiger partial charge >= 0.3 is 0 Å². The Hall–Kier alpha value is -0.630. The first-order valence-corrected chi connectivity index (χ1v) is 3.44. The quantitative estimate of drug-likeness (QED) is 0.481. The van der Waals surface area contributed by atoms with E-state index in [2.05, 4.69) is 9.98 Å². The maximum Gasteiger partial charge on any atom is 0.221 e. The van der Waals surface area contributed by atoms with Crippen LogP contribution in [0, 0.1) is 5.41 Å². The number of allylic oxidation sites excluding steroid dienone is 1. The van der Waals surface area contributed by atoms with Crippen LogP contribution >= 0.6 is 11.6 Å². The molecule has 0 N–H and O–H groups in total. The first kappa shape index (κ1) is 7.48. The summed E-state index contributed by atoms with van der Waals surface area (Å²) in [6, 6.07) is 0. The minimum absolute atomic E-state index is 0.0276. The molecule has 0 atom stereocenters. The third-order valence-electron chi connectivity index (χ3n) is 1.19. The van der Waals surface area contributed by atoms with Crippen LogP contribution in [-0.4, -0.2) is 11.5 Å². The van der Waals surface area contributed by atoms with Gasteiger partial charge in [-0.25, -0.2) is 9.98 Å². The summed E-state index contributed by atoms with van der Waals surface area (Å²) < 4.78 is 0. The van der Waals surface area contributed by atoms with Gasteiger partial charge in [0, 0.05) is 17.8 Å². The summed E-state index contributed by atoms with van der Waals surface area (Å²) in [5, 5.41) is 0.293. The average Bonchev–Trinajstić information content (AvgIpc) is 1.94. The van der Waals surface area contributed by atoms with E-state index in [1.54, 1.807) is 12.4 Å². The molecule has 0 aromatic heterocycles. The lowest BCUT2D eigenvalue weighted by molar-refractivity contribution is 0.695. The van der Waals surface area contributed by atoms with Crippen molar-refractivity contribution in [3.05, 3.63) is 12.3 Å². The summed E-state index contributed by atoms with van der Waals surface area (Å²) in [5.41, 5.74) is -0.0276. The zero-order valence-electron chi connectivity index (χ0n) is 6.00. The van der Waals surface area contributed by atoms with E-state index in [1.807, 2.05) is 19.9 Å². The van der Waals surface area contributed by atoms with Crippen molar-refractivity contribution in [2.75, 3.05) is 0 Å². The van der Waals surface area contributed by atoms with Crippen LogP contribution in [0.15, 0.2) is 22.3 Å².